The molecule has 0 amide bonds. The third-order valence-electron chi connectivity index (χ3n) is 6.54. The SMILES string of the molecule is CSCCCCOC(=O)C1CC2CC1C1C2C2CCN1C2. The second-order valence-electron chi connectivity index (χ2n) is 7.48. The van der Waals surface area contributed by atoms with Gasteiger partial charge in [-0.2, -0.15) is 11.8 Å². The molecule has 4 rings (SSSR count). The fourth-order valence-electron chi connectivity index (χ4n) is 5.84. The van der Waals surface area contributed by atoms with Crippen LogP contribution >= 0.6 is 11.8 Å². The van der Waals surface area contributed by atoms with Crippen LogP contribution in [-0.4, -0.2) is 48.6 Å². The summed E-state index contributed by atoms with van der Waals surface area (Å²) < 4.78 is 5.59. The molecular weight excluding hydrogens is 282 g/mol. The minimum absolute atomic E-state index is 0.120. The van der Waals surface area contributed by atoms with Crippen molar-refractivity contribution in [2.75, 3.05) is 31.7 Å². The second kappa shape index (κ2) is 5.77. The first-order valence-corrected chi connectivity index (χ1v) is 10.1. The van der Waals surface area contributed by atoms with E-state index in [1.54, 1.807) is 0 Å². The van der Waals surface area contributed by atoms with Gasteiger partial charge < -0.3 is 4.74 Å². The van der Waals surface area contributed by atoms with Crippen molar-refractivity contribution in [1.29, 1.82) is 0 Å². The predicted octanol–water partition coefficient (Wildman–Crippen LogP) is 2.65. The molecule has 4 fully saturated rings. The van der Waals surface area contributed by atoms with Crippen LogP contribution in [-0.2, 0) is 9.53 Å². The highest BCUT2D eigenvalue weighted by molar-refractivity contribution is 7.98. The number of carbonyl (C=O) groups excluding carboxylic acids is 1. The number of nitrogens with zero attached hydrogens (tertiary/aromatic N) is 1. The van der Waals surface area contributed by atoms with E-state index in [4.69, 9.17) is 4.74 Å². The van der Waals surface area contributed by atoms with Gasteiger partial charge in [-0.25, -0.2) is 0 Å². The molecule has 2 saturated heterocycles. The van der Waals surface area contributed by atoms with Gasteiger partial charge in [0.2, 0.25) is 0 Å². The van der Waals surface area contributed by atoms with Gasteiger partial charge in [-0.3, -0.25) is 9.69 Å². The molecular formula is C17H27NO2S. The molecule has 2 saturated carbocycles. The van der Waals surface area contributed by atoms with Gasteiger partial charge in [-0.05, 0) is 74.3 Å². The van der Waals surface area contributed by atoms with Crippen LogP contribution in [0.1, 0.15) is 32.1 Å². The molecule has 2 aliphatic heterocycles. The molecule has 0 aromatic rings. The normalized spacial score (nSPS) is 46.0. The number of ether oxygens (including phenoxy) is 1. The molecule has 0 N–H and O–H groups in total. The Bertz CT molecular complexity index is 416. The maximum atomic E-state index is 12.4. The molecule has 118 valence electrons. The van der Waals surface area contributed by atoms with Crippen molar-refractivity contribution in [1.82, 2.24) is 4.90 Å². The predicted molar refractivity (Wildman–Crippen MR) is 85.2 cm³/mol. The van der Waals surface area contributed by atoms with E-state index in [2.05, 4.69) is 11.2 Å². The van der Waals surface area contributed by atoms with Gasteiger partial charge in [0.15, 0.2) is 0 Å². The van der Waals surface area contributed by atoms with Crippen molar-refractivity contribution in [3.8, 4) is 0 Å². The van der Waals surface area contributed by atoms with Crippen LogP contribution in [0.15, 0.2) is 0 Å². The first kappa shape index (κ1) is 14.4. The number of unbranched alkanes of at least 4 members (excludes halogenated alkanes) is 1. The van der Waals surface area contributed by atoms with Crippen molar-refractivity contribution in [3.63, 3.8) is 0 Å². The Morgan fingerprint density at radius 2 is 2.19 bits per heavy atom. The topological polar surface area (TPSA) is 29.5 Å². The lowest BCUT2D eigenvalue weighted by Crippen LogP contribution is -2.45. The van der Waals surface area contributed by atoms with E-state index in [1.807, 2.05) is 11.8 Å². The third-order valence-corrected chi connectivity index (χ3v) is 7.23. The number of thioether (sulfide) groups is 1. The summed E-state index contributed by atoms with van der Waals surface area (Å²) >= 11 is 1.87. The Morgan fingerprint density at radius 3 is 3.05 bits per heavy atom. The van der Waals surface area contributed by atoms with Gasteiger partial charge >= 0.3 is 5.97 Å². The fraction of sp³-hybridized carbons (Fsp3) is 0.941. The third kappa shape index (κ3) is 2.33. The zero-order valence-electron chi connectivity index (χ0n) is 13.0. The summed E-state index contributed by atoms with van der Waals surface area (Å²) in [6, 6.07) is 0.733. The molecule has 0 radical (unpaired) electrons. The van der Waals surface area contributed by atoms with Crippen molar-refractivity contribution < 1.29 is 9.53 Å². The van der Waals surface area contributed by atoms with Gasteiger partial charge in [0.05, 0.1) is 12.5 Å². The van der Waals surface area contributed by atoms with Crippen LogP contribution in [0.4, 0.5) is 0 Å². The minimum atomic E-state index is 0.120. The molecule has 4 aliphatic rings. The second-order valence-corrected chi connectivity index (χ2v) is 8.47. The number of esters is 1. The Balaban J connectivity index is 1.31. The van der Waals surface area contributed by atoms with Crippen LogP contribution in [0.5, 0.6) is 0 Å². The fourth-order valence-corrected chi connectivity index (χ4v) is 6.34. The average molecular weight is 309 g/mol. The molecule has 7 unspecified atom stereocenters. The summed E-state index contributed by atoms with van der Waals surface area (Å²) in [6.07, 6.45) is 8.14. The lowest BCUT2D eigenvalue weighted by atomic mass is 9.73. The van der Waals surface area contributed by atoms with E-state index < -0.39 is 0 Å². The molecule has 21 heavy (non-hydrogen) atoms. The Kier molecular flexibility index (Phi) is 3.95. The Hall–Kier alpha value is -0.220. The van der Waals surface area contributed by atoms with E-state index in [-0.39, 0.29) is 11.9 Å². The van der Waals surface area contributed by atoms with Gasteiger partial charge in [-0.1, -0.05) is 0 Å². The summed E-state index contributed by atoms with van der Waals surface area (Å²) in [7, 11) is 0. The molecule has 4 bridgehead atoms. The van der Waals surface area contributed by atoms with Crippen molar-refractivity contribution >= 4 is 17.7 Å². The molecule has 0 spiro atoms. The van der Waals surface area contributed by atoms with Crippen molar-refractivity contribution in [3.05, 3.63) is 0 Å². The Labute approximate surface area is 132 Å². The number of fused-ring (bicyclic) bond motifs is 9. The van der Waals surface area contributed by atoms with E-state index >= 15 is 0 Å². The highest BCUT2D eigenvalue weighted by Gasteiger charge is 2.63. The largest absolute Gasteiger partial charge is 0.465 e. The molecule has 2 heterocycles. The van der Waals surface area contributed by atoms with Gasteiger partial charge in [-0.15, -0.1) is 0 Å². The first-order valence-electron chi connectivity index (χ1n) is 8.69. The van der Waals surface area contributed by atoms with Crippen LogP contribution in [0.25, 0.3) is 0 Å². The van der Waals surface area contributed by atoms with Crippen molar-refractivity contribution in [2.24, 2.45) is 29.6 Å². The number of piperidine rings is 1. The summed E-state index contributed by atoms with van der Waals surface area (Å²) in [5, 5.41) is 0. The lowest BCUT2D eigenvalue weighted by molar-refractivity contribution is -0.151. The van der Waals surface area contributed by atoms with E-state index in [1.165, 1.54) is 31.7 Å². The average Bonchev–Trinajstić information content (AvgIpc) is 3.24. The summed E-state index contributed by atoms with van der Waals surface area (Å²) in [5.74, 6) is 4.83. The maximum Gasteiger partial charge on any atom is 0.309 e. The summed E-state index contributed by atoms with van der Waals surface area (Å²) in [5.41, 5.74) is 0. The van der Waals surface area contributed by atoms with Crippen LogP contribution in [0.2, 0.25) is 0 Å². The molecule has 4 heteroatoms. The quantitative estimate of drug-likeness (QED) is 0.557. The molecule has 2 aliphatic carbocycles. The number of hydrogen-bond donors (Lipinski definition) is 0. The highest BCUT2D eigenvalue weighted by Crippen LogP contribution is 2.61. The molecule has 3 nitrogen and oxygen atoms in total. The molecule has 7 atom stereocenters. The van der Waals surface area contributed by atoms with E-state index in [0.717, 1.165) is 43.1 Å². The summed E-state index contributed by atoms with van der Waals surface area (Å²) in [6.45, 7) is 3.23. The van der Waals surface area contributed by atoms with Crippen LogP contribution < -0.4 is 0 Å². The first-order chi connectivity index (χ1) is 10.3. The van der Waals surface area contributed by atoms with Gasteiger partial charge in [0.1, 0.15) is 0 Å². The van der Waals surface area contributed by atoms with E-state index in [9.17, 15) is 4.79 Å². The van der Waals surface area contributed by atoms with Crippen LogP contribution in [0.3, 0.4) is 0 Å². The van der Waals surface area contributed by atoms with Crippen LogP contribution in [0, 0.1) is 29.6 Å². The minimum Gasteiger partial charge on any atom is -0.465 e. The lowest BCUT2D eigenvalue weighted by Gasteiger charge is -2.38. The zero-order chi connectivity index (χ0) is 14.4. The monoisotopic (exact) mass is 309 g/mol. The molecule has 0 aromatic heterocycles. The number of rotatable bonds is 6. The van der Waals surface area contributed by atoms with E-state index in [0.29, 0.717) is 12.5 Å². The molecule has 0 aromatic carbocycles. The number of carbonyl (C=O) groups is 1. The number of hydrogen-bond acceptors (Lipinski definition) is 4. The zero-order valence-corrected chi connectivity index (χ0v) is 13.8. The summed E-state index contributed by atoms with van der Waals surface area (Å²) in [4.78, 5) is 15.1. The Morgan fingerprint density at radius 1 is 1.29 bits per heavy atom. The van der Waals surface area contributed by atoms with Gasteiger partial charge in [0.25, 0.3) is 0 Å². The van der Waals surface area contributed by atoms with Crippen molar-refractivity contribution in [2.45, 2.75) is 38.1 Å². The van der Waals surface area contributed by atoms with Gasteiger partial charge in [0, 0.05) is 12.6 Å². The maximum absolute atomic E-state index is 12.4. The smallest absolute Gasteiger partial charge is 0.309 e. The highest BCUT2D eigenvalue weighted by atomic mass is 32.2. The standard InChI is InChI=1S/C17H27NO2S/c1-21-7-3-2-6-20-17(19)14-9-12-8-13(14)16-15(12)11-4-5-18(16)10-11/h11-16H,2-10H2,1H3.